The van der Waals surface area contributed by atoms with Gasteiger partial charge in [-0.3, -0.25) is 9.59 Å². The number of rotatable bonds is 8. The average Bonchev–Trinajstić information content (AvgIpc) is 3.41. The summed E-state index contributed by atoms with van der Waals surface area (Å²) in [4.78, 5) is 31.1. The van der Waals surface area contributed by atoms with Crippen LogP contribution in [0.2, 0.25) is 0 Å². The molecular formula is C31H27F2N7O3. The number of ether oxygens (including phenoxy) is 1. The predicted molar refractivity (Wildman–Crippen MR) is 157 cm³/mol. The van der Waals surface area contributed by atoms with Crippen LogP contribution in [-0.4, -0.2) is 57.7 Å². The fourth-order valence-corrected chi connectivity index (χ4v) is 4.72. The summed E-state index contributed by atoms with van der Waals surface area (Å²) in [6, 6.07) is 20.5. The van der Waals surface area contributed by atoms with E-state index < -0.39 is 23.9 Å². The van der Waals surface area contributed by atoms with Crippen molar-refractivity contribution in [3.63, 3.8) is 0 Å². The predicted octanol–water partition coefficient (Wildman–Crippen LogP) is 4.72. The number of nitrogens with one attached hydrogen (secondary N) is 2. The molecule has 10 nitrogen and oxygen atoms in total. The van der Waals surface area contributed by atoms with Gasteiger partial charge in [0.15, 0.2) is 5.65 Å². The number of alkyl halides is 1. The first kappa shape index (κ1) is 27.8. The number of pyridine rings is 1. The van der Waals surface area contributed by atoms with Crippen LogP contribution in [0.3, 0.4) is 0 Å². The zero-order valence-corrected chi connectivity index (χ0v) is 23.0. The fraction of sp³-hybridized carbons (Fsp3) is 0.161. The summed E-state index contributed by atoms with van der Waals surface area (Å²) in [5.74, 6) is -0.305. The van der Waals surface area contributed by atoms with Crippen molar-refractivity contribution in [2.24, 2.45) is 5.73 Å². The molecule has 12 heteroatoms. The third-order valence-electron chi connectivity index (χ3n) is 7.15. The van der Waals surface area contributed by atoms with Gasteiger partial charge < -0.3 is 26.0 Å². The second-order valence-electron chi connectivity index (χ2n) is 10.1. The van der Waals surface area contributed by atoms with Gasteiger partial charge in [-0.15, -0.1) is 5.10 Å². The summed E-state index contributed by atoms with van der Waals surface area (Å²) in [7, 11) is 1.50. The molecule has 1 atom stereocenters. The quantitative estimate of drug-likeness (QED) is 0.241. The molecule has 0 aliphatic carbocycles. The molecule has 2 amide bonds. The number of methoxy groups -OCH3 is 1. The average molecular weight is 584 g/mol. The molecule has 0 bridgehead atoms. The van der Waals surface area contributed by atoms with Crippen LogP contribution in [0, 0.1) is 5.82 Å². The van der Waals surface area contributed by atoms with Gasteiger partial charge in [-0.25, -0.2) is 13.3 Å². The van der Waals surface area contributed by atoms with E-state index in [2.05, 4.69) is 20.7 Å². The zero-order chi connectivity index (χ0) is 30.1. The second-order valence-corrected chi connectivity index (χ2v) is 10.1. The van der Waals surface area contributed by atoms with Crippen molar-refractivity contribution in [1.29, 1.82) is 0 Å². The van der Waals surface area contributed by atoms with Crippen molar-refractivity contribution in [2.75, 3.05) is 30.8 Å². The van der Waals surface area contributed by atoms with E-state index in [1.807, 2.05) is 30.5 Å². The molecule has 4 N–H and O–H groups in total. The van der Waals surface area contributed by atoms with Crippen LogP contribution in [-0.2, 0) is 4.79 Å². The normalized spacial score (nSPS) is 13.8. The molecule has 218 valence electrons. The minimum Gasteiger partial charge on any atom is -0.495 e. The van der Waals surface area contributed by atoms with Gasteiger partial charge in [0.05, 0.1) is 25.9 Å². The number of likely N-dealkylation sites (tertiary alicyclic amines) is 1. The summed E-state index contributed by atoms with van der Waals surface area (Å²) in [6.45, 7) is 0.200. The van der Waals surface area contributed by atoms with E-state index >= 15 is 0 Å². The lowest BCUT2D eigenvalue weighted by atomic mass is 10.1. The van der Waals surface area contributed by atoms with E-state index in [9.17, 15) is 18.4 Å². The molecule has 1 fully saturated rings. The first-order chi connectivity index (χ1) is 20.8. The highest BCUT2D eigenvalue weighted by Crippen LogP contribution is 2.30. The van der Waals surface area contributed by atoms with E-state index in [1.165, 1.54) is 36.3 Å². The second kappa shape index (κ2) is 11.5. The van der Waals surface area contributed by atoms with Gasteiger partial charge in [0.2, 0.25) is 11.9 Å². The molecule has 1 unspecified atom stereocenters. The first-order valence-corrected chi connectivity index (χ1v) is 13.4. The number of amides is 2. The minimum absolute atomic E-state index is 0.0998. The smallest absolute Gasteiger partial charge is 0.254 e. The lowest BCUT2D eigenvalue weighted by Gasteiger charge is -2.34. The molecule has 0 spiro atoms. The van der Waals surface area contributed by atoms with Gasteiger partial charge in [-0.2, -0.15) is 4.98 Å². The van der Waals surface area contributed by atoms with E-state index in [1.54, 1.807) is 34.8 Å². The van der Waals surface area contributed by atoms with Gasteiger partial charge in [0, 0.05) is 23.0 Å². The Bertz CT molecular complexity index is 1800. The maximum atomic E-state index is 13.2. The zero-order valence-electron chi connectivity index (χ0n) is 23.0. The number of halogens is 2. The first-order valence-electron chi connectivity index (χ1n) is 13.4. The van der Waals surface area contributed by atoms with Crippen molar-refractivity contribution < 1.29 is 23.1 Å². The van der Waals surface area contributed by atoms with Crippen molar-refractivity contribution in [2.45, 2.75) is 12.2 Å². The Morgan fingerprint density at radius 3 is 2.42 bits per heavy atom. The Kier molecular flexibility index (Phi) is 7.43. The molecule has 6 rings (SSSR count). The molecule has 1 aliphatic heterocycles. The van der Waals surface area contributed by atoms with E-state index in [-0.39, 0.29) is 19.0 Å². The number of nitrogens with zero attached hydrogens (tertiary/aromatic N) is 4. The van der Waals surface area contributed by atoms with Crippen LogP contribution >= 0.6 is 0 Å². The summed E-state index contributed by atoms with van der Waals surface area (Å²) in [5, 5.41) is 10.4. The highest BCUT2D eigenvalue weighted by Gasteiger charge is 2.31. The van der Waals surface area contributed by atoms with Gasteiger partial charge in [0.25, 0.3) is 5.91 Å². The fourth-order valence-electron chi connectivity index (χ4n) is 4.72. The van der Waals surface area contributed by atoms with Crippen molar-refractivity contribution in [1.82, 2.24) is 19.5 Å². The number of carbonyl (C=O) groups excluding carboxylic acids is 2. The maximum Gasteiger partial charge on any atom is 0.254 e. The molecular weight excluding hydrogens is 556 g/mol. The number of aromatic nitrogens is 3. The van der Waals surface area contributed by atoms with Crippen molar-refractivity contribution in [3.05, 3.63) is 102 Å². The number of hydrogen-bond acceptors (Lipinski definition) is 7. The third-order valence-corrected chi connectivity index (χ3v) is 7.15. The number of anilines is 3. The Labute approximate surface area is 245 Å². The Balaban J connectivity index is 1.14. The summed E-state index contributed by atoms with van der Waals surface area (Å²) in [6.07, 6.45) is 0.857. The molecule has 5 aromatic rings. The standard InChI is InChI=1S/C31H27F2N7O3/c1-43-26-14-20(30(42)39-16-23(33)17-39)6-12-25(26)36-31-37-27-13-7-21(15-40(27)38-31)18-4-10-24(11-5-18)35-29(41)28(34)19-2-8-22(32)9-3-19/h2-15,23,28H,16-17,34H2,1H3,(H,35,41)(H,36,38). The van der Waals surface area contributed by atoms with Gasteiger partial charge >= 0.3 is 0 Å². The Morgan fingerprint density at radius 2 is 1.72 bits per heavy atom. The largest absolute Gasteiger partial charge is 0.495 e. The highest BCUT2D eigenvalue weighted by atomic mass is 19.1. The van der Waals surface area contributed by atoms with Crippen molar-refractivity contribution >= 4 is 34.8 Å². The van der Waals surface area contributed by atoms with E-state index in [0.717, 1.165) is 11.1 Å². The molecule has 0 saturated carbocycles. The van der Waals surface area contributed by atoms with Gasteiger partial charge in [0.1, 0.15) is 23.8 Å². The number of nitrogens with two attached hydrogens (primary N) is 1. The van der Waals surface area contributed by atoms with E-state index in [4.69, 9.17) is 10.5 Å². The summed E-state index contributed by atoms with van der Waals surface area (Å²) < 4.78 is 33.5. The molecule has 1 saturated heterocycles. The van der Waals surface area contributed by atoms with Gasteiger partial charge in [-0.05, 0) is 65.7 Å². The SMILES string of the molecule is COc1cc(C(=O)N2CC(F)C2)ccc1Nc1nc2ccc(-c3ccc(NC(=O)C(N)c4ccc(F)cc4)cc3)cn2n1. The molecule has 3 aromatic carbocycles. The highest BCUT2D eigenvalue weighted by molar-refractivity contribution is 5.96. The number of hydrogen-bond donors (Lipinski definition) is 3. The lowest BCUT2D eigenvalue weighted by molar-refractivity contribution is -0.117. The minimum atomic E-state index is -0.972. The Hall–Kier alpha value is -5.36. The number of benzene rings is 3. The van der Waals surface area contributed by atoms with Crippen LogP contribution in [0.25, 0.3) is 16.8 Å². The lowest BCUT2D eigenvalue weighted by Crippen LogP contribution is -2.51. The number of fused-ring (bicyclic) bond motifs is 1. The Morgan fingerprint density at radius 1 is 1.00 bits per heavy atom. The molecule has 0 radical (unpaired) electrons. The van der Waals surface area contributed by atoms with Crippen LogP contribution < -0.4 is 21.1 Å². The summed E-state index contributed by atoms with van der Waals surface area (Å²) in [5.41, 5.74) is 10.4. The van der Waals surface area contributed by atoms with Crippen LogP contribution in [0.1, 0.15) is 22.0 Å². The van der Waals surface area contributed by atoms with Crippen molar-refractivity contribution in [3.8, 4) is 16.9 Å². The molecule has 2 aromatic heterocycles. The van der Waals surface area contributed by atoms with Crippen LogP contribution in [0.15, 0.2) is 85.1 Å². The maximum absolute atomic E-state index is 13.2. The molecule has 43 heavy (non-hydrogen) atoms. The van der Waals surface area contributed by atoms with Crippen LogP contribution in [0.5, 0.6) is 5.75 Å². The monoisotopic (exact) mass is 583 g/mol. The van der Waals surface area contributed by atoms with Crippen LogP contribution in [0.4, 0.5) is 26.1 Å². The number of carbonyl (C=O) groups is 2. The molecule has 1 aliphatic rings. The third kappa shape index (κ3) is 5.86. The summed E-state index contributed by atoms with van der Waals surface area (Å²) >= 11 is 0. The molecule has 3 heterocycles. The topological polar surface area (TPSA) is 127 Å². The van der Waals surface area contributed by atoms with E-state index in [0.29, 0.717) is 39.8 Å². The van der Waals surface area contributed by atoms with Gasteiger partial charge in [-0.1, -0.05) is 24.3 Å².